The third-order valence-electron chi connectivity index (χ3n) is 4.21. The SMILES string of the molecule is Cc1ccc(F)c(NC(=O)c2oc3ccccc3c2CSc2nc(C)cs2)c1. The van der Waals surface area contributed by atoms with Crippen molar-refractivity contribution in [2.75, 3.05) is 5.32 Å². The summed E-state index contributed by atoms with van der Waals surface area (Å²) in [5.41, 5.74) is 3.37. The Hall–Kier alpha value is -2.64. The van der Waals surface area contributed by atoms with Gasteiger partial charge >= 0.3 is 0 Å². The van der Waals surface area contributed by atoms with Gasteiger partial charge in [0.15, 0.2) is 5.76 Å². The van der Waals surface area contributed by atoms with Crippen LogP contribution in [0.2, 0.25) is 0 Å². The second kappa shape index (κ2) is 7.77. The summed E-state index contributed by atoms with van der Waals surface area (Å²) in [6, 6.07) is 12.1. The third kappa shape index (κ3) is 3.81. The predicted molar refractivity (Wildman–Crippen MR) is 112 cm³/mol. The first-order valence-corrected chi connectivity index (χ1v) is 10.5. The topological polar surface area (TPSA) is 55.1 Å². The number of fused-ring (bicyclic) bond motifs is 1. The van der Waals surface area contributed by atoms with Gasteiger partial charge in [0, 0.05) is 27.8 Å². The summed E-state index contributed by atoms with van der Waals surface area (Å²) in [5, 5.41) is 5.50. The van der Waals surface area contributed by atoms with Crippen LogP contribution in [0.15, 0.2) is 56.6 Å². The number of rotatable bonds is 5. The zero-order valence-corrected chi connectivity index (χ0v) is 16.9. The first kappa shape index (κ1) is 18.7. The highest BCUT2D eigenvalue weighted by molar-refractivity contribution is 8.00. The van der Waals surface area contributed by atoms with Gasteiger partial charge in [-0.05, 0) is 37.6 Å². The summed E-state index contributed by atoms with van der Waals surface area (Å²) < 4.78 is 20.8. The zero-order chi connectivity index (χ0) is 19.7. The molecule has 0 aliphatic heterocycles. The summed E-state index contributed by atoms with van der Waals surface area (Å²) in [4.78, 5) is 17.3. The molecule has 0 fully saturated rings. The lowest BCUT2D eigenvalue weighted by molar-refractivity contribution is 0.0997. The molecule has 0 saturated heterocycles. The minimum atomic E-state index is -0.482. The van der Waals surface area contributed by atoms with Crippen LogP contribution >= 0.6 is 23.1 Å². The first-order valence-electron chi connectivity index (χ1n) is 8.64. The molecule has 28 heavy (non-hydrogen) atoms. The van der Waals surface area contributed by atoms with Gasteiger partial charge in [-0.2, -0.15) is 0 Å². The highest BCUT2D eigenvalue weighted by Gasteiger charge is 2.22. The number of thiazole rings is 1. The number of benzene rings is 2. The van der Waals surface area contributed by atoms with Crippen LogP contribution in [0.1, 0.15) is 27.4 Å². The standard InChI is InChI=1S/C21H17FN2O2S2/c1-12-7-8-16(22)17(9-12)24-20(25)19-15(11-28-21-23-13(2)10-27-21)14-5-3-4-6-18(14)26-19/h3-10H,11H2,1-2H3,(H,24,25). The Bertz CT molecular complexity index is 1170. The molecule has 0 bridgehead atoms. The molecule has 0 saturated carbocycles. The summed E-state index contributed by atoms with van der Waals surface area (Å²) >= 11 is 3.12. The van der Waals surface area contributed by atoms with Crippen molar-refractivity contribution >= 4 is 45.7 Å². The van der Waals surface area contributed by atoms with Gasteiger partial charge in [0.05, 0.1) is 5.69 Å². The van der Waals surface area contributed by atoms with Gasteiger partial charge in [-0.1, -0.05) is 36.0 Å². The molecular formula is C21H17FN2O2S2. The maximum Gasteiger partial charge on any atom is 0.291 e. The van der Waals surface area contributed by atoms with E-state index in [0.717, 1.165) is 26.5 Å². The van der Waals surface area contributed by atoms with Crippen LogP contribution in [-0.2, 0) is 5.75 Å². The molecule has 0 radical (unpaired) electrons. The number of thioether (sulfide) groups is 1. The van der Waals surface area contributed by atoms with Gasteiger partial charge in [-0.15, -0.1) is 11.3 Å². The summed E-state index contributed by atoms with van der Waals surface area (Å²) in [6.07, 6.45) is 0. The van der Waals surface area contributed by atoms with E-state index in [9.17, 15) is 9.18 Å². The van der Waals surface area contributed by atoms with E-state index in [1.165, 1.54) is 6.07 Å². The van der Waals surface area contributed by atoms with Crippen LogP contribution in [0.25, 0.3) is 11.0 Å². The van der Waals surface area contributed by atoms with Crippen molar-refractivity contribution in [1.82, 2.24) is 4.98 Å². The number of anilines is 1. The Kier molecular flexibility index (Phi) is 5.19. The lowest BCUT2D eigenvalue weighted by atomic mass is 10.1. The Balaban J connectivity index is 1.67. The van der Waals surface area contributed by atoms with Gasteiger partial charge in [0.1, 0.15) is 15.7 Å². The van der Waals surface area contributed by atoms with Crippen molar-refractivity contribution in [3.05, 3.63) is 76.2 Å². The van der Waals surface area contributed by atoms with E-state index in [-0.39, 0.29) is 11.4 Å². The van der Waals surface area contributed by atoms with Crippen molar-refractivity contribution in [2.24, 2.45) is 0 Å². The highest BCUT2D eigenvalue weighted by Crippen LogP contribution is 2.33. The lowest BCUT2D eigenvalue weighted by Gasteiger charge is -2.07. The molecule has 142 valence electrons. The number of hydrogen-bond donors (Lipinski definition) is 1. The molecule has 0 unspecified atom stereocenters. The third-order valence-corrected chi connectivity index (χ3v) is 6.38. The minimum absolute atomic E-state index is 0.139. The number of furan rings is 1. The Labute approximate surface area is 169 Å². The molecule has 0 atom stereocenters. The van der Waals surface area contributed by atoms with E-state index >= 15 is 0 Å². The number of amides is 1. The number of para-hydroxylation sites is 1. The van der Waals surface area contributed by atoms with Gasteiger partial charge in [-0.3, -0.25) is 4.79 Å². The number of aromatic nitrogens is 1. The van der Waals surface area contributed by atoms with Gasteiger partial charge in [0.2, 0.25) is 0 Å². The van der Waals surface area contributed by atoms with E-state index in [2.05, 4.69) is 10.3 Å². The van der Waals surface area contributed by atoms with E-state index in [1.807, 2.05) is 43.5 Å². The van der Waals surface area contributed by atoms with Crippen LogP contribution in [-0.4, -0.2) is 10.9 Å². The fourth-order valence-corrected chi connectivity index (χ4v) is 4.75. The summed E-state index contributed by atoms with van der Waals surface area (Å²) in [7, 11) is 0. The van der Waals surface area contributed by atoms with Crippen LogP contribution < -0.4 is 5.32 Å². The fraction of sp³-hybridized carbons (Fsp3) is 0.143. The number of hydrogen-bond acceptors (Lipinski definition) is 5. The fourth-order valence-electron chi connectivity index (χ4n) is 2.87. The number of carbonyl (C=O) groups excluding carboxylic acids is 1. The number of halogens is 1. The normalized spacial score (nSPS) is 11.1. The van der Waals surface area contributed by atoms with Crippen LogP contribution in [0.5, 0.6) is 0 Å². The number of nitrogens with one attached hydrogen (secondary N) is 1. The predicted octanol–water partition coefficient (Wildman–Crippen LogP) is 6.19. The zero-order valence-electron chi connectivity index (χ0n) is 15.3. The van der Waals surface area contributed by atoms with Crippen LogP contribution in [0.4, 0.5) is 10.1 Å². The molecule has 4 aromatic rings. The smallest absolute Gasteiger partial charge is 0.291 e. The van der Waals surface area contributed by atoms with Crippen molar-refractivity contribution in [2.45, 2.75) is 23.9 Å². The molecule has 4 rings (SSSR count). The maximum atomic E-state index is 14.1. The average Bonchev–Trinajstić information content (AvgIpc) is 3.26. The van der Waals surface area contributed by atoms with Gasteiger partial charge < -0.3 is 9.73 Å². The number of aryl methyl sites for hydroxylation is 2. The Morgan fingerprint density at radius 2 is 2.07 bits per heavy atom. The largest absolute Gasteiger partial charge is 0.451 e. The molecule has 1 amide bonds. The molecule has 2 heterocycles. The van der Waals surface area contributed by atoms with Crippen molar-refractivity contribution < 1.29 is 13.6 Å². The maximum absolute atomic E-state index is 14.1. The average molecular weight is 413 g/mol. The second-order valence-electron chi connectivity index (χ2n) is 6.39. The highest BCUT2D eigenvalue weighted by atomic mass is 32.2. The molecule has 2 aromatic carbocycles. The molecule has 7 heteroatoms. The second-order valence-corrected chi connectivity index (χ2v) is 8.47. The molecule has 2 aromatic heterocycles. The Morgan fingerprint density at radius 1 is 1.25 bits per heavy atom. The van der Waals surface area contributed by atoms with E-state index < -0.39 is 11.7 Å². The Morgan fingerprint density at radius 3 is 2.86 bits per heavy atom. The lowest BCUT2D eigenvalue weighted by Crippen LogP contribution is -2.14. The minimum Gasteiger partial charge on any atom is -0.451 e. The van der Waals surface area contributed by atoms with Gasteiger partial charge in [-0.25, -0.2) is 9.37 Å². The van der Waals surface area contributed by atoms with Crippen molar-refractivity contribution in [1.29, 1.82) is 0 Å². The molecule has 1 N–H and O–H groups in total. The van der Waals surface area contributed by atoms with E-state index in [0.29, 0.717) is 11.3 Å². The number of carbonyl (C=O) groups is 1. The molecular weight excluding hydrogens is 395 g/mol. The van der Waals surface area contributed by atoms with Crippen molar-refractivity contribution in [3.8, 4) is 0 Å². The molecule has 4 nitrogen and oxygen atoms in total. The first-order chi connectivity index (χ1) is 13.5. The quantitative estimate of drug-likeness (QED) is 0.397. The van der Waals surface area contributed by atoms with Crippen molar-refractivity contribution in [3.63, 3.8) is 0 Å². The summed E-state index contributed by atoms with van der Waals surface area (Å²) in [6.45, 7) is 3.79. The number of nitrogens with zero attached hydrogens (tertiary/aromatic N) is 1. The van der Waals surface area contributed by atoms with Gasteiger partial charge in [0.25, 0.3) is 5.91 Å². The van der Waals surface area contributed by atoms with E-state index in [4.69, 9.17) is 4.42 Å². The molecule has 0 aliphatic rings. The summed E-state index contributed by atoms with van der Waals surface area (Å²) in [5.74, 6) is -0.220. The monoisotopic (exact) mass is 412 g/mol. The van der Waals surface area contributed by atoms with Crippen LogP contribution in [0, 0.1) is 19.7 Å². The van der Waals surface area contributed by atoms with E-state index in [1.54, 1.807) is 35.2 Å². The molecule has 0 aliphatic carbocycles. The van der Waals surface area contributed by atoms with Crippen LogP contribution in [0.3, 0.4) is 0 Å². The molecule has 0 spiro atoms.